The fraction of sp³-hybridized carbons (Fsp3) is 1.00. The second-order valence-corrected chi connectivity index (χ2v) is 5.82. The molecule has 0 bridgehead atoms. The monoisotopic (exact) mass is 196 g/mol. The minimum absolute atomic E-state index is 0.900. The lowest BCUT2D eigenvalue weighted by atomic mass is 9.78. The molecule has 0 heterocycles. The van der Waals surface area contributed by atoms with Crippen molar-refractivity contribution in [1.29, 1.82) is 0 Å². The van der Waals surface area contributed by atoms with Crippen LogP contribution in [0.4, 0.5) is 0 Å². The zero-order valence-electron chi connectivity index (χ0n) is 10.4. The zero-order valence-corrected chi connectivity index (χ0v) is 10.4. The summed E-state index contributed by atoms with van der Waals surface area (Å²) in [6.07, 6.45) is 11.9. The molecular formula is C14H28. The van der Waals surface area contributed by atoms with E-state index in [0.29, 0.717) is 0 Å². The Labute approximate surface area is 90.5 Å². The molecule has 0 saturated heterocycles. The third-order valence-corrected chi connectivity index (χ3v) is 3.69. The Bertz CT molecular complexity index is 133. The highest BCUT2D eigenvalue weighted by Gasteiger charge is 2.19. The lowest BCUT2D eigenvalue weighted by Gasteiger charge is -2.28. The second kappa shape index (κ2) is 6.48. The van der Waals surface area contributed by atoms with E-state index in [4.69, 9.17) is 0 Å². The summed E-state index contributed by atoms with van der Waals surface area (Å²) in [6.45, 7) is 7.11. The molecule has 84 valence electrons. The highest BCUT2D eigenvalue weighted by Crippen LogP contribution is 2.33. The van der Waals surface area contributed by atoms with Gasteiger partial charge in [0, 0.05) is 0 Å². The number of unbranched alkanes of at least 4 members (excludes halogenated alkanes) is 1. The molecule has 0 aromatic rings. The molecule has 0 amide bonds. The molecule has 0 heteroatoms. The molecule has 0 N–H and O–H groups in total. The molecule has 0 nitrogen and oxygen atoms in total. The summed E-state index contributed by atoms with van der Waals surface area (Å²) in [5.74, 6) is 3.00. The van der Waals surface area contributed by atoms with Gasteiger partial charge in [0.2, 0.25) is 0 Å². The molecule has 1 atom stereocenters. The quantitative estimate of drug-likeness (QED) is 0.501. The van der Waals surface area contributed by atoms with E-state index in [1.165, 1.54) is 51.4 Å². The Morgan fingerprint density at radius 1 is 1.00 bits per heavy atom. The minimum atomic E-state index is 0.900. The van der Waals surface area contributed by atoms with Crippen molar-refractivity contribution < 1.29 is 0 Å². The molecule has 1 saturated carbocycles. The van der Waals surface area contributed by atoms with Gasteiger partial charge in [-0.25, -0.2) is 0 Å². The predicted molar refractivity (Wildman–Crippen MR) is 64.4 cm³/mol. The molecule has 0 radical (unpaired) electrons. The molecule has 1 unspecified atom stereocenters. The van der Waals surface area contributed by atoms with Crippen molar-refractivity contribution in [2.24, 2.45) is 17.8 Å². The van der Waals surface area contributed by atoms with Gasteiger partial charge in [0.1, 0.15) is 0 Å². The SMILES string of the molecule is CC(C)CCCCC(C)CC1CCC1. The van der Waals surface area contributed by atoms with Gasteiger partial charge in [0.25, 0.3) is 0 Å². The average molecular weight is 196 g/mol. The first kappa shape index (κ1) is 12.1. The largest absolute Gasteiger partial charge is 0.0628 e. The first-order chi connectivity index (χ1) is 6.68. The van der Waals surface area contributed by atoms with E-state index in [-0.39, 0.29) is 0 Å². The smallest absolute Gasteiger partial charge is 0.0412 e. The van der Waals surface area contributed by atoms with Crippen LogP contribution in [-0.2, 0) is 0 Å². The molecule has 1 rings (SSSR count). The topological polar surface area (TPSA) is 0 Å². The summed E-state index contributed by atoms with van der Waals surface area (Å²) >= 11 is 0. The van der Waals surface area contributed by atoms with Crippen molar-refractivity contribution in [2.75, 3.05) is 0 Å². The van der Waals surface area contributed by atoms with E-state index in [2.05, 4.69) is 20.8 Å². The molecule has 0 aliphatic heterocycles. The van der Waals surface area contributed by atoms with Gasteiger partial charge in [0.15, 0.2) is 0 Å². The van der Waals surface area contributed by atoms with Crippen LogP contribution in [-0.4, -0.2) is 0 Å². The van der Waals surface area contributed by atoms with E-state index in [9.17, 15) is 0 Å². The first-order valence-electron chi connectivity index (χ1n) is 6.68. The van der Waals surface area contributed by atoms with E-state index < -0.39 is 0 Å². The molecule has 0 aromatic carbocycles. The van der Waals surface area contributed by atoms with Crippen LogP contribution < -0.4 is 0 Å². The third-order valence-electron chi connectivity index (χ3n) is 3.69. The van der Waals surface area contributed by atoms with Gasteiger partial charge in [-0.2, -0.15) is 0 Å². The second-order valence-electron chi connectivity index (χ2n) is 5.82. The number of hydrogen-bond acceptors (Lipinski definition) is 0. The summed E-state index contributed by atoms with van der Waals surface area (Å²) in [6, 6.07) is 0. The maximum atomic E-state index is 2.45. The highest BCUT2D eigenvalue weighted by atomic mass is 14.2. The van der Waals surface area contributed by atoms with Crippen LogP contribution in [0, 0.1) is 17.8 Å². The summed E-state index contributed by atoms with van der Waals surface area (Å²) in [7, 11) is 0. The van der Waals surface area contributed by atoms with Crippen molar-refractivity contribution in [2.45, 2.75) is 72.1 Å². The molecule has 14 heavy (non-hydrogen) atoms. The van der Waals surface area contributed by atoms with Crippen LogP contribution >= 0.6 is 0 Å². The fourth-order valence-corrected chi connectivity index (χ4v) is 2.46. The van der Waals surface area contributed by atoms with E-state index in [1.807, 2.05) is 0 Å². The molecule has 1 aliphatic rings. The minimum Gasteiger partial charge on any atom is -0.0628 e. The average Bonchev–Trinajstić information content (AvgIpc) is 2.05. The van der Waals surface area contributed by atoms with Gasteiger partial charge < -0.3 is 0 Å². The first-order valence-corrected chi connectivity index (χ1v) is 6.68. The third kappa shape index (κ3) is 5.02. The Morgan fingerprint density at radius 3 is 2.14 bits per heavy atom. The maximum absolute atomic E-state index is 2.45. The number of rotatable bonds is 7. The molecule has 1 aliphatic carbocycles. The van der Waals surface area contributed by atoms with Crippen LogP contribution in [0.3, 0.4) is 0 Å². The van der Waals surface area contributed by atoms with E-state index in [0.717, 1.165) is 17.8 Å². The van der Waals surface area contributed by atoms with Crippen LogP contribution in [0.2, 0.25) is 0 Å². The van der Waals surface area contributed by atoms with Gasteiger partial charge in [-0.05, 0) is 24.2 Å². The van der Waals surface area contributed by atoms with Crippen molar-refractivity contribution in [1.82, 2.24) is 0 Å². The van der Waals surface area contributed by atoms with Crippen molar-refractivity contribution in [3.8, 4) is 0 Å². The lowest BCUT2D eigenvalue weighted by molar-refractivity contribution is 0.248. The normalized spacial score (nSPS) is 19.7. The summed E-state index contributed by atoms with van der Waals surface area (Å²) < 4.78 is 0. The molecular weight excluding hydrogens is 168 g/mol. The molecule has 0 aromatic heterocycles. The van der Waals surface area contributed by atoms with Crippen LogP contribution in [0.5, 0.6) is 0 Å². The van der Waals surface area contributed by atoms with Crippen molar-refractivity contribution in [3.63, 3.8) is 0 Å². The summed E-state index contributed by atoms with van der Waals surface area (Å²) in [5, 5.41) is 0. The Morgan fingerprint density at radius 2 is 1.64 bits per heavy atom. The van der Waals surface area contributed by atoms with Gasteiger partial charge in [-0.3, -0.25) is 0 Å². The Kier molecular flexibility index (Phi) is 5.59. The van der Waals surface area contributed by atoms with Crippen LogP contribution in [0.15, 0.2) is 0 Å². The summed E-state index contributed by atoms with van der Waals surface area (Å²) in [5.41, 5.74) is 0. The van der Waals surface area contributed by atoms with Crippen LogP contribution in [0.25, 0.3) is 0 Å². The van der Waals surface area contributed by atoms with Crippen molar-refractivity contribution >= 4 is 0 Å². The standard InChI is InChI=1S/C14H28/c1-12(2)7-4-5-8-13(3)11-14-9-6-10-14/h12-14H,4-11H2,1-3H3. The van der Waals surface area contributed by atoms with Gasteiger partial charge in [-0.15, -0.1) is 0 Å². The van der Waals surface area contributed by atoms with Gasteiger partial charge in [0.05, 0.1) is 0 Å². The van der Waals surface area contributed by atoms with Crippen molar-refractivity contribution in [3.05, 3.63) is 0 Å². The highest BCUT2D eigenvalue weighted by molar-refractivity contribution is 4.71. The molecule has 1 fully saturated rings. The maximum Gasteiger partial charge on any atom is -0.0412 e. The summed E-state index contributed by atoms with van der Waals surface area (Å²) in [4.78, 5) is 0. The lowest BCUT2D eigenvalue weighted by Crippen LogP contribution is -2.14. The Balaban J connectivity index is 1.89. The van der Waals surface area contributed by atoms with Gasteiger partial charge in [-0.1, -0.05) is 65.7 Å². The zero-order chi connectivity index (χ0) is 10.4. The predicted octanol–water partition coefficient (Wildman–Crippen LogP) is 5.03. The van der Waals surface area contributed by atoms with E-state index in [1.54, 1.807) is 0 Å². The van der Waals surface area contributed by atoms with Crippen LogP contribution in [0.1, 0.15) is 72.1 Å². The van der Waals surface area contributed by atoms with E-state index >= 15 is 0 Å². The van der Waals surface area contributed by atoms with Gasteiger partial charge >= 0.3 is 0 Å². The molecule has 0 spiro atoms. The fourth-order valence-electron chi connectivity index (χ4n) is 2.46. The number of hydrogen-bond donors (Lipinski definition) is 0. The Hall–Kier alpha value is 0.